The molecule has 3 rings (SSSR count). The highest BCUT2D eigenvalue weighted by Gasteiger charge is 2.22. The van der Waals surface area contributed by atoms with Gasteiger partial charge in [0.15, 0.2) is 0 Å². The molecule has 2 aromatic heterocycles. The largest absolute Gasteiger partial charge is 0.467 e. The lowest BCUT2D eigenvalue weighted by Crippen LogP contribution is -2.21. The van der Waals surface area contributed by atoms with Crippen LogP contribution in [0, 0.1) is 0 Å². The molecule has 0 aliphatic rings. The fraction of sp³-hybridized carbons (Fsp3) is 0.211. The summed E-state index contributed by atoms with van der Waals surface area (Å²) in [6, 6.07) is 13.3. The van der Waals surface area contributed by atoms with Crippen LogP contribution < -0.4 is 5.32 Å². The quantitative estimate of drug-likeness (QED) is 0.576. The van der Waals surface area contributed by atoms with Crippen LogP contribution >= 0.6 is 0 Å². The Morgan fingerprint density at radius 3 is 2.57 bits per heavy atom. The summed E-state index contributed by atoms with van der Waals surface area (Å²) in [4.78, 5) is 12.5. The zero-order valence-corrected chi connectivity index (χ0v) is 16.2. The number of esters is 1. The molecular weight excluding hydrogens is 384 g/mol. The smallest absolute Gasteiger partial charge is 0.340 e. The first-order valence-electron chi connectivity index (χ1n) is 8.41. The molecule has 0 bridgehead atoms. The summed E-state index contributed by atoms with van der Waals surface area (Å²) in [7, 11) is -0.861. The Balaban J connectivity index is 1.65. The topological polar surface area (TPSA) is 102 Å². The van der Waals surface area contributed by atoms with Gasteiger partial charge >= 0.3 is 5.97 Å². The molecule has 0 atom stereocenters. The molecule has 1 aromatic carbocycles. The van der Waals surface area contributed by atoms with E-state index in [-0.39, 0.29) is 17.5 Å². The number of rotatable bonds is 8. The number of hydrogen-bond acceptors (Lipinski definition) is 7. The van der Waals surface area contributed by atoms with Gasteiger partial charge in [0.1, 0.15) is 18.1 Å². The predicted molar refractivity (Wildman–Crippen MR) is 101 cm³/mol. The van der Waals surface area contributed by atoms with Gasteiger partial charge in [-0.3, -0.25) is 0 Å². The molecule has 8 nitrogen and oxygen atoms in total. The molecule has 0 saturated carbocycles. The van der Waals surface area contributed by atoms with Gasteiger partial charge in [0.2, 0.25) is 5.09 Å². The average Bonchev–Trinajstić information content (AvgIpc) is 3.36. The van der Waals surface area contributed by atoms with Gasteiger partial charge in [-0.25, -0.2) is 17.5 Å². The summed E-state index contributed by atoms with van der Waals surface area (Å²) in [6.07, 6.45) is 1.57. The van der Waals surface area contributed by atoms with Crippen LogP contribution in [0.4, 0.5) is 5.69 Å². The summed E-state index contributed by atoms with van der Waals surface area (Å²) < 4.78 is 40.9. The summed E-state index contributed by atoms with van der Waals surface area (Å²) in [5.74, 6) is 0.402. The third kappa shape index (κ3) is 4.44. The van der Waals surface area contributed by atoms with Crippen LogP contribution in [0.15, 0.2) is 68.7 Å². The number of nitrogens with one attached hydrogen (secondary N) is 1. The Bertz CT molecular complexity index is 1040. The fourth-order valence-corrected chi connectivity index (χ4v) is 3.19. The van der Waals surface area contributed by atoms with Crippen LogP contribution in [0.2, 0.25) is 0 Å². The van der Waals surface area contributed by atoms with Crippen molar-refractivity contribution in [3.63, 3.8) is 0 Å². The summed E-state index contributed by atoms with van der Waals surface area (Å²) in [5, 5.41) is 2.92. The van der Waals surface area contributed by atoms with Gasteiger partial charge in [-0.05, 0) is 36.4 Å². The first kappa shape index (κ1) is 19.7. The molecular formula is C19H20N2O6S. The van der Waals surface area contributed by atoms with Crippen molar-refractivity contribution in [1.29, 1.82) is 0 Å². The van der Waals surface area contributed by atoms with Crippen molar-refractivity contribution >= 4 is 21.7 Å². The standard InChI is InChI=1S/C19H20N2O6S/c1-21(2)28(23,24)18-10-9-15(27-18)13-26-19(22)16-7-3-4-8-17(16)20-12-14-6-5-11-25-14/h3-11,20H,12-13H2,1-2H3. The Kier molecular flexibility index (Phi) is 5.86. The van der Waals surface area contributed by atoms with E-state index in [4.69, 9.17) is 13.6 Å². The molecule has 9 heteroatoms. The Morgan fingerprint density at radius 1 is 1.07 bits per heavy atom. The van der Waals surface area contributed by atoms with Gasteiger partial charge in [0, 0.05) is 19.8 Å². The first-order chi connectivity index (χ1) is 13.4. The van der Waals surface area contributed by atoms with Crippen molar-refractivity contribution in [3.05, 3.63) is 71.9 Å². The van der Waals surface area contributed by atoms with E-state index in [0.717, 1.165) is 10.1 Å². The van der Waals surface area contributed by atoms with Gasteiger partial charge in [0.25, 0.3) is 10.0 Å². The van der Waals surface area contributed by atoms with Crippen molar-refractivity contribution in [2.24, 2.45) is 0 Å². The number of hydrogen-bond donors (Lipinski definition) is 1. The molecule has 0 spiro atoms. The zero-order valence-electron chi connectivity index (χ0n) is 15.4. The third-order valence-corrected chi connectivity index (χ3v) is 5.59. The Hall–Kier alpha value is -3.04. The predicted octanol–water partition coefficient (Wildman–Crippen LogP) is 3.09. The minimum Gasteiger partial charge on any atom is -0.467 e. The number of sulfonamides is 1. The molecule has 0 aliphatic heterocycles. The lowest BCUT2D eigenvalue weighted by atomic mass is 10.2. The molecule has 0 fully saturated rings. The van der Waals surface area contributed by atoms with E-state index >= 15 is 0 Å². The van der Waals surface area contributed by atoms with Crippen LogP contribution in [0.25, 0.3) is 0 Å². The van der Waals surface area contributed by atoms with E-state index < -0.39 is 16.0 Å². The monoisotopic (exact) mass is 404 g/mol. The highest BCUT2D eigenvalue weighted by molar-refractivity contribution is 7.88. The third-order valence-electron chi connectivity index (χ3n) is 3.90. The van der Waals surface area contributed by atoms with Crippen LogP contribution in [-0.4, -0.2) is 32.8 Å². The fourth-order valence-electron chi connectivity index (χ4n) is 2.38. The molecule has 3 aromatic rings. The van der Waals surface area contributed by atoms with E-state index in [0.29, 0.717) is 17.8 Å². The van der Waals surface area contributed by atoms with Crippen LogP contribution in [0.1, 0.15) is 21.9 Å². The average molecular weight is 404 g/mol. The maximum Gasteiger partial charge on any atom is 0.340 e. The van der Waals surface area contributed by atoms with Crippen molar-refractivity contribution in [3.8, 4) is 0 Å². The van der Waals surface area contributed by atoms with Gasteiger partial charge in [-0.2, -0.15) is 0 Å². The number of carbonyl (C=O) groups excluding carboxylic acids is 1. The van der Waals surface area contributed by atoms with Gasteiger partial charge in [-0.15, -0.1) is 0 Å². The van der Waals surface area contributed by atoms with Crippen LogP contribution in [0.3, 0.4) is 0 Å². The number of furan rings is 2. The number of anilines is 1. The zero-order chi connectivity index (χ0) is 20.1. The van der Waals surface area contributed by atoms with Crippen molar-refractivity contribution in [2.75, 3.05) is 19.4 Å². The lowest BCUT2D eigenvalue weighted by molar-refractivity contribution is 0.0441. The normalized spacial score (nSPS) is 11.5. The number of carbonyl (C=O) groups is 1. The van der Waals surface area contributed by atoms with E-state index in [2.05, 4.69) is 5.32 Å². The van der Waals surface area contributed by atoms with E-state index in [1.165, 1.54) is 26.2 Å². The second-order valence-corrected chi connectivity index (χ2v) is 8.15. The lowest BCUT2D eigenvalue weighted by Gasteiger charge is -2.10. The minimum absolute atomic E-state index is 0.186. The molecule has 0 saturated heterocycles. The number of nitrogens with zero attached hydrogens (tertiary/aromatic N) is 1. The number of ether oxygens (including phenoxy) is 1. The number of para-hydroxylation sites is 1. The SMILES string of the molecule is CN(C)S(=O)(=O)c1ccc(COC(=O)c2ccccc2NCc2ccco2)o1. The Labute approximate surface area is 162 Å². The van der Waals surface area contributed by atoms with Gasteiger partial charge in [0.05, 0.1) is 18.4 Å². The second kappa shape index (κ2) is 8.32. The maximum atomic E-state index is 12.5. The van der Waals surface area contributed by atoms with Crippen LogP contribution in [0.5, 0.6) is 0 Å². The summed E-state index contributed by atoms with van der Waals surface area (Å²) >= 11 is 0. The van der Waals surface area contributed by atoms with Crippen molar-refractivity contribution in [1.82, 2.24) is 4.31 Å². The van der Waals surface area contributed by atoms with Crippen molar-refractivity contribution in [2.45, 2.75) is 18.2 Å². The van der Waals surface area contributed by atoms with Gasteiger partial charge in [-0.1, -0.05) is 12.1 Å². The molecule has 28 heavy (non-hydrogen) atoms. The number of benzene rings is 1. The Morgan fingerprint density at radius 2 is 1.86 bits per heavy atom. The molecule has 1 N–H and O–H groups in total. The molecule has 0 radical (unpaired) electrons. The van der Waals surface area contributed by atoms with E-state index in [1.54, 1.807) is 36.6 Å². The van der Waals surface area contributed by atoms with Crippen LogP contribution in [-0.2, 0) is 27.9 Å². The molecule has 0 amide bonds. The summed E-state index contributed by atoms with van der Waals surface area (Å²) in [5.41, 5.74) is 0.945. The van der Waals surface area contributed by atoms with Gasteiger partial charge < -0.3 is 18.9 Å². The highest BCUT2D eigenvalue weighted by atomic mass is 32.2. The van der Waals surface area contributed by atoms with Crippen molar-refractivity contribution < 1.29 is 26.8 Å². The molecule has 0 unspecified atom stereocenters. The minimum atomic E-state index is -3.68. The molecule has 0 aliphatic carbocycles. The van der Waals surface area contributed by atoms with E-state index in [1.807, 2.05) is 6.07 Å². The first-order valence-corrected chi connectivity index (χ1v) is 9.85. The van der Waals surface area contributed by atoms with E-state index in [9.17, 15) is 13.2 Å². The molecule has 2 heterocycles. The summed E-state index contributed by atoms with van der Waals surface area (Å²) in [6.45, 7) is 0.232. The highest BCUT2D eigenvalue weighted by Crippen LogP contribution is 2.20. The molecule has 148 valence electrons. The maximum absolute atomic E-state index is 12.5. The second-order valence-electron chi connectivity index (χ2n) is 6.06.